The summed E-state index contributed by atoms with van der Waals surface area (Å²) in [5, 5.41) is 8.00. The Kier molecular flexibility index (Phi) is 4.40. The topological polar surface area (TPSA) is 74.3 Å². The largest absolute Gasteiger partial charge is 0.351 e. The summed E-state index contributed by atoms with van der Waals surface area (Å²) in [6, 6.07) is 7.59. The van der Waals surface area contributed by atoms with Gasteiger partial charge in [-0.25, -0.2) is 9.78 Å². The van der Waals surface area contributed by atoms with Crippen molar-refractivity contribution in [1.29, 1.82) is 0 Å². The van der Waals surface area contributed by atoms with Crippen molar-refractivity contribution in [3.63, 3.8) is 0 Å². The van der Waals surface area contributed by atoms with E-state index in [9.17, 15) is 9.59 Å². The minimum atomic E-state index is -0.149. The molecule has 7 heteroatoms. The fourth-order valence-corrected chi connectivity index (χ4v) is 4.09. The maximum absolute atomic E-state index is 12.7. The fourth-order valence-electron chi connectivity index (χ4n) is 3.53. The van der Waals surface area contributed by atoms with Gasteiger partial charge in [-0.15, -0.1) is 11.3 Å². The normalized spacial score (nSPS) is 22.9. The second kappa shape index (κ2) is 6.84. The van der Waals surface area contributed by atoms with Gasteiger partial charge in [-0.2, -0.15) is 0 Å². The van der Waals surface area contributed by atoms with E-state index in [-0.39, 0.29) is 23.9 Å². The van der Waals surface area contributed by atoms with Gasteiger partial charge in [0.1, 0.15) is 0 Å². The first-order chi connectivity index (χ1) is 12.2. The lowest BCUT2D eigenvalue weighted by Crippen LogP contribution is -2.43. The first kappa shape index (κ1) is 16.1. The van der Waals surface area contributed by atoms with Crippen LogP contribution in [-0.4, -0.2) is 41.0 Å². The standard InChI is InChI=1S/C18H20N4O2S/c23-17-13-4-2-6-15(20-17)9-22(8-13)18(24)21-14-5-1-3-12(7-14)16-10-25-11-19-16/h1,3,5,7,10-11,13,15H,2,4,6,8-9H2,(H,20,23)(H,21,24)/t13-,15+/m0/s1. The number of likely N-dealkylation sites (tertiary alicyclic amines) is 1. The van der Waals surface area contributed by atoms with Crippen LogP contribution in [0.5, 0.6) is 0 Å². The molecule has 3 amide bonds. The number of hydrogen-bond donors (Lipinski definition) is 2. The molecule has 6 nitrogen and oxygen atoms in total. The Morgan fingerprint density at radius 3 is 3.08 bits per heavy atom. The van der Waals surface area contributed by atoms with Crippen molar-refractivity contribution in [3.05, 3.63) is 35.2 Å². The minimum Gasteiger partial charge on any atom is -0.351 e. The second-order valence-corrected chi connectivity index (χ2v) is 7.34. The molecule has 2 aliphatic rings. The Morgan fingerprint density at radius 1 is 1.32 bits per heavy atom. The summed E-state index contributed by atoms with van der Waals surface area (Å²) >= 11 is 1.54. The molecule has 2 bridgehead atoms. The molecule has 2 saturated heterocycles. The van der Waals surface area contributed by atoms with Crippen LogP contribution in [-0.2, 0) is 4.79 Å². The Balaban J connectivity index is 1.49. The van der Waals surface area contributed by atoms with E-state index in [0.717, 1.165) is 36.2 Å². The highest BCUT2D eigenvalue weighted by molar-refractivity contribution is 7.07. The Hall–Kier alpha value is -2.41. The zero-order valence-electron chi connectivity index (χ0n) is 13.8. The van der Waals surface area contributed by atoms with E-state index in [0.29, 0.717) is 13.1 Å². The van der Waals surface area contributed by atoms with E-state index in [4.69, 9.17) is 0 Å². The van der Waals surface area contributed by atoms with E-state index in [1.54, 1.807) is 21.7 Å². The van der Waals surface area contributed by atoms with Gasteiger partial charge in [-0.3, -0.25) is 4.79 Å². The molecule has 2 atom stereocenters. The van der Waals surface area contributed by atoms with Crippen LogP contribution in [0.15, 0.2) is 35.2 Å². The molecule has 25 heavy (non-hydrogen) atoms. The molecule has 2 aromatic rings. The molecule has 0 spiro atoms. The molecular weight excluding hydrogens is 336 g/mol. The molecule has 1 aromatic heterocycles. The number of amides is 3. The van der Waals surface area contributed by atoms with Gasteiger partial charge in [-0.05, 0) is 25.0 Å². The Bertz CT molecular complexity index is 777. The Labute approximate surface area is 150 Å². The van der Waals surface area contributed by atoms with Crippen LogP contribution in [0.2, 0.25) is 0 Å². The summed E-state index contributed by atoms with van der Waals surface area (Å²) in [4.78, 5) is 30.9. The third-order valence-corrected chi connectivity index (χ3v) is 5.42. The highest BCUT2D eigenvalue weighted by Crippen LogP contribution is 2.24. The van der Waals surface area contributed by atoms with Crippen LogP contribution < -0.4 is 10.6 Å². The number of aromatic nitrogens is 1. The molecule has 0 saturated carbocycles. The Morgan fingerprint density at radius 2 is 2.24 bits per heavy atom. The van der Waals surface area contributed by atoms with Gasteiger partial charge in [0, 0.05) is 35.8 Å². The SMILES string of the molecule is O=C1N[C@@H]2CCC[C@H]1CN(C(=O)Nc1cccc(-c3cscn3)c1)C2. The lowest BCUT2D eigenvalue weighted by atomic mass is 9.99. The summed E-state index contributed by atoms with van der Waals surface area (Å²) in [7, 11) is 0. The molecule has 0 aliphatic carbocycles. The van der Waals surface area contributed by atoms with E-state index in [1.165, 1.54) is 0 Å². The van der Waals surface area contributed by atoms with Crippen molar-refractivity contribution in [2.45, 2.75) is 25.3 Å². The van der Waals surface area contributed by atoms with Crippen LogP contribution in [0.3, 0.4) is 0 Å². The van der Waals surface area contributed by atoms with Crippen LogP contribution in [0.4, 0.5) is 10.5 Å². The highest BCUT2D eigenvalue weighted by atomic mass is 32.1. The average Bonchev–Trinajstić information content (AvgIpc) is 3.00. The number of anilines is 1. The lowest BCUT2D eigenvalue weighted by molar-refractivity contribution is -0.124. The molecule has 2 N–H and O–H groups in total. The van der Waals surface area contributed by atoms with Crippen molar-refractivity contribution >= 4 is 29.0 Å². The molecule has 2 aliphatic heterocycles. The molecule has 1 aromatic carbocycles. The van der Waals surface area contributed by atoms with Crippen molar-refractivity contribution < 1.29 is 9.59 Å². The third-order valence-electron chi connectivity index (χ3n) is 4.83. The van der Waals surface area contributed by atoms with E-state index >= 15 is 0 Å². The number of rotatable bonds is 2. The van der Waals surface area contributed by atoms with Crippen LogP contribution in [0.25, 0.3) is 11.3 Å². The second-order valence-electron chi connectivity index (χ2n) is 6.62. The smallest absolute Gasteiger partial charge is 0.321 e. The molecule has 0 unspecified atom stereocenters. The molecule has 3 heterocycles. The molecule has 2 fully saturated rings. The summed E-state index contributed by atoms with van der Waals surface area (Å²) in [5.74, 6) is -0.0112. The first-order valence-corrected chi connectivity index (χ1v) is 9.48. The predicted octanol–water partition coefficient (Wildman–Crippen LogP) is 2.94. The number of urea groups is 1. The number of fused-ring (bicyclic) bond motifs is 3. The van der Waals surface area contributed by atoms with Crippen molar-refractivity contribution in [2.24, 2.45) is 5.92 Å². The summed E-state index contributed by atoms with van der Waals surface area (Å²) in [6.45, 7) is 1.06. The highest BCUT2D eigenvalue weighted by Gasteiger charge is 2.34. The maximum atomic E-state index is 12.7. The molecule has 130 valence electrons. The van der Waals surface area contributed by atoms with Crippen LogP contribution >= 0.6 is 11.3 Å². The number of benzene rings is 1. The van der Waals surface area contributed by atoms with Gasteiger partial charge in [0.25, 0.3) is 0 Å². The van der Waals surface area contributed by atoms with Crippen LogP contribution in [0, 0.1) is 5.92 Å². The average molecular weight is 356 g/mol. The van der Waals surface area contributed by atoms with Gasteiger partial charge in [0.05, 0.1) is 17.1 Å². The predicted molar refractivity (Wildman–Crippen MR) is 97.4 cm³/mol. The third kappa shape index (κ3) is 3.51. The van der Waals surface area contributed by atoms with Crippen molar-refractivity contribution in [1.82, 2.24) is 15.2 Å². The van der Waals surface area contributed by atoms with Gasteiger partial charge in [-0.1, -0.05) is 18.6 Å². The minimum absolute atomic E-state index is 0.0621. The van der Waals surface area contributed by atoms with Gasteiger partial charge in [0.2, 0.25) is 5.91 Å². The quantitative estimate of drug-likeness (QED) is 0.869. The molecule has 0 radical (unpaired) electrons. The van der Waals surface area contributed by atoms with Crippen molar-refractivity contribution in [3.8, 4) is 11.3 Å². The number of hydrogen-bond acceptors (Lipinski definition) is 4. The van der Waals surface area contributed by atoms with Crippen LogP contribution in [0.1, 0.15) is 19.3 Å². The summed E-state index contributed by atoms with van der Waals surface area (Å²) < 4.78 is 0. The van der Waals surface area contributed by atoms with Gasteiger partial charge >= 0.3 is 6.03 Å². The monoisotopic (exact) mass is 356 g/mol. The first-order valence-electron chi connectivity index (χ1n) is 8.54. The zero-order chi connectivity index (χ0) is 17.2. The lowest BCUT2D eigenvalue weighted by Gasteiger charge is -2.27. The number of carbonyl (C=O) groups is 2. The molecule has 4 rings (SSSR count). The number of carbonyl (C=O) groups excluding carboxylic acids is 2. The summed E-state index contributed by atoms with van der Waals surface area (Å²) in [5.41, 5.74) is 4.41. The molecular formula is C18H20N4O2S. The van der Waals surface area contributed by atoms with E-state index in [2.05, 4.69) is 15.6 Å². The van der Waals surface area contributed by atoms with Gasteiger partial charge < -0.3 is 15.5 Å². The van der Waals surface area contributed by atoms with E-state index < -0.39 is 0 Å². The van der Waals surface area contributed by atoms with E-state index in [1.807, 2.05) is 29.6 Å². The van der Waals surface area contributed by atoms with Crippen molar-refractivity contribution in [2.75, 3.05) is 18.4 Å². The number of thiazole rings is 1. The number of nitrogens with zero attached hydrogens (tertiary/aromatic N) is 2. The zero-order valence-corrected chi connectivity index (χ0v) is 14.6. The number of nitrogens with one attached hydrogen (secondary N) is 2. The maximum Gasteiger partial charge on any atom is 0.321 e. The summed E-state index contributed by atoms with van der Waals surface area (Å²) in [6.07, 6.45) is 2.83. The fraction of sp³-hybridized carbons (Fsp3) is 0.389. The van der Waals surface area contributed by atoms with Gasteiger partial charge in [0.15, 0.2) is 0 Å².